The third-order valence-corrected chi connectivity index (χ3v) is 7.78. The number of aromatic nitrogens is 1. The van der Waals surface area contributed by atoms with Crippen LogP contribution in [0.2, 0.25) is 0 Å². The second kappa shape index (κ2) is 8.04. The Hall–Kier alpha value is -2.22. The zero-order valence-corrected chi connectivity index (χ0v) is 19.5. The van der Waals surface area contributed by atoms with Crippen molar-refractivity contribution in [1.82, 2.24) is 15.2 Å². The fraction of sp³-hybridized carbons (Fsp3) is 0.652. The Bertz CT molecular complexity index is 900. The molecular weight excluding hydrogens is 412 g/mol. The maximum Gasteiger partial charge on any atom is 0.325 e. The summed E-state index contributed by atoms with van der Waals surface area (Å²) in [6, 6.07) is -0.472. The minimum Gasteiger partial charge on any atom is -0.323 e. The van der Waals surface area contributed by atoms with Crippen molar-refractivity contribution in [2.24, 2.45) is 11.3 Å². The number of carbonyl (C=O) groups excluding carboxylic acids is 3. The normalized spacial score (nSPS) is 27.2. The molecule has 8 heteroatoms. The van der Waals surface area contributed by atoms with Crippen molar-refractivity contribution < 1.29 is 14.4 Å². The molecule has 1 saturated carbocycles. The molecule has 1 N–H and O–H groups in total. The lowest BCUT2D eigenvalue weighted by Crippen LogP contribution is -2.54. The van der Waals surface area contributed by atoms with E-state index < -0.39 is 11.6 Å². The van der Waals surface area contributed by atoms with E-state index in [1.165, 1.54) is 16.2 Å². The van der Waals surface area contributed by atoms with E-state index in [1.807, 2.05) is 0 Å². The van der Waals surface area contributed by atoms with E-state index in [0.29, 0.717) is 30.4 Å². The van der Waals surface area contributed by atoms with E-state index in [9.17, 15) is 14.4 Å². The first-order chi connectivity index (χ1) is 14.6. The summed E-state index contributed by atoms with van der Waals surface area (Å²) < 4.78 is 0. The summed E-state index contributed by atoms with van der Waals surface area (Å²) in [5.41, 5.74) is 0.123. The van der Waals surface area contributed by atoms with Crippen molar-refractivity contribution >= 4 is 34.3 Å². The summed E-state index contributed by atoms with van der Waals surface area (Å²) in [5, 5.41) is 3.58. The maximum atomic E-state index is 13.4. The van der Waals surface area contributed by atoms with Crippen LogP contribution in [0.25, 0.3) is 0 Å². The molecule has 0 radical (unpaired) electrons. The molecule has 2 fully saturated rings. The Labute approximate surface area is 187 Å². The van der Waals surface area contributed by atoms with Gasteiger partial charge < -0.3 is 5.32 Å². The molecular formula is C23H32N4O3S. The summed E-state index contributed by atoms with van der Waals surface area (Å²) >= 11 is 1.54. The molecule has 1 aromatic rings. The average Bonchev–Trinajstić information content (AvgIpc) is 3.19. The molecule has 1 aromatic heterocycles. The first-order valence-corrected chi connectivity index (χ1v) is 12.0. The highest BCUT2D eigenvalue weighted by atomic mass is 32.1. The number of nitrogens with zero attached hydrogens (tertiary/aromatic N) is 3. The van der Waals surface area contributed by atoms with Crippen LogP contribution in [0.3, 0.4) is 0 Å². The van der Waals surface area contributed by atoms with Gasteiger partial charge in [-0.1, -0.05) is 26.8 Å². The molecule has 1 saturated heterocycles. The molecule has 2 heterocycles. The van der Waals surface area contributed by atoms with Crippen molar-refractivity contribution in [1.29, 1.82) is 0 Å². The Morgan fingerprint density at radius 1 is 1.32 bits per heavy atom. The van der Waals surface area contributed by atoms with Gasteiger partial charge in [0.2, 0.25) is 5.91 Å². The van der Waals surface area contributed by atoms with Gasteiger partial charge >= 0.3 is 6.03 Å². The molecule has 2 atom stereocenters. The van der Waals surface area contributed by atoms with E-state index in [0.717, 1.165) is 42.7 Å². The van der Waals surface area contributed by atoms with Crippen LogP contribution in [-0.4, -0.2) is 46.4 Å². The van der Waals surface area contributed by atoms with Gasteiger partial charge in [0.25, 0.3) is 5.91 Å². The van der Waals surface area contributed by atoms with Gasteiger partial charge in [0, 0.05) is 11.4 Å². The van der Waals surface area contributed by atoms with Crippen molar-refractivity contribution in [2.75, 3.05) is 18.0 Å². The highest BCUT2D eigenvalue weighted by molar-refractivity contribution is 7.16. The predicted octanol–water partition coefficient (Wildman–Crippen LogP) is 3.68. The molecule has 0 bridgehead atoms. The van der Waals surface area contributed by atoms with Crippen LogP contribution in [0.5, 0.6) is 0 Å². The van der Waals surface area contributed by atoms with Gasteiger partial charge in [-0.15, -0.1) is 17.9 Å². The quantitative estimate of drug-likeness (QED) is 0.555. The lowest BCUT2D eigenvalue weighted by molar-refractivity contribution is -0.137. The molecule has 7 nitrogen and oxygen atoms in total. The van der Waals surface area contributed by atoms with Gasteiger partial charge in [0.05, 0.1) is 5.69 Å². The fourth-order valence-corrected chi connectivity index (χ4v) is 6.91. The van der Waals surface area contributed by atoms with Gasteiger partial charge in [-0.05, 0) is 56.3 Å². The van der Waals surface area contributed by atoms with E-state index >= 15 is 0 Å². The number of hydrogen-bond acceptors (Lipinski definition) is 5. The number of imide groups is 1. The van der Waals surface area contributed by atoms with Crippen molar-refractivity contribution in [3.05, 3.63) is 23.2 Å². The second-order valence-electron chi connectivity index (χ2n) is 10.1. The van der Waals surface area contributed by atoms with Crippen LogP contribution in [0.4, 0.5) is 9.93 Å². The molecule has 2 aliphatic carbocycles. The van der Waals surface area contributed by atoms with Crippen LogP contribution in [0, 0.1) is 11.3 Å². The number of nitrogens with one attached hydrogen (secondary N) is 1. The molecule has 3 aliphatic rings. The number of urea groups is 1. The molecule has 1 aliphatic heterocycles. The number of hydrogen-bond donors (Lipinski definition) is 1. The molecule has 0 aromatic carbocycles. The Kier molecular flexibility index (Phi) is 5.70. The first-order valence-electron chi connectivity index (χ1n) is 11.2. The van der Waals surface area contributed by atoms with Gasteiger partial charge in [-0.2, -0.15) is 0 Å². The van der Waals surface area contributed by atoms with Crippen LogP contribution in [0.15, 0.2) is 12.7 Å². The summed E-state index contributed by atoms with van der Waals surface area (Å²) in [5.74, 6) is -0.264. The fourth-order valence-electron chi connectivity index (χ4n) is 5.74. The number of amides is 4. The Morgan fingerprint density at radius 3 is 2.74 bits per heavy atom. The van der Waals surface area contributed by atoms with E-state index in [1.54, 1.807) is 11.0 Å². The zero-order chi connectivity index (χ0) is 22.4. The number of carbonyl (C=O) groups is 3. The van der Waals surface area contributed by atoms with Crippen molar-refractivity contribution in [3.8, 4) is 0 Å². The summed E-state index contributed by atoms with van der Waals surface area (Å²) in [6.45, 7) is 10.2. The molecule has 1 spiro atoms. The third-order valence-electron chi connectivity index (χ3n) is 6.60. The van der Waals surface area contributed by atoms with Gasteiger partial charge in [0.15, 0.2) is 5.13 Å². The second-order valence-corrected chi connectivity index (χ2v) is 11.2. The van der Waals surface area contributed by atoms with Crippen LogP contribution < -0.4 is 10.2 Å². The first kappa shape index (κ1) is 22.0. The number of rotatable bonds is 5. The molecule has 4 amide bonds. The van der Waals surface area contributed by atoms with Crippen molar-refractivity contribution in [3.63, 3.8) is 0 Å². The third kappa shape index (κ3) is 4.14. The predicted molar refractivity (Wildman–Crippen MR) is 121 cm³/mol. The molecule has 31 heavy (non-hydrogen) atoms. The lowest BCUT2D eigenvalue weighted by atomic mass is 9.64. The number of anilines is 1. The van der Waals surface area contributed by atoms with Crippen LogP contribution >= 0.6 is 11.3 Å². The largest absolute Gasteiger partial charge is 0.325 e. The number of aryl methyl sites for hydroxylation is 2. The highest BCUT2D eigenvalue weighted by Gasteiger charge is 2.56. The molecule has 168 valence electrons. The minimum absolute atomic E-state index is 0.0462. The van der Waals surface area contributed by atoms with Gasteiger partial charge in [-0.3, -0.25) is 19.4 Å². The smallest absolute Gasteiger partial charge is 0.323 e. The molecule has 0 unspecified atom stereocenters. The van der Waals surface area contributed by atoms with Crippen molar-refractivity contribution in [2.45, 2.75) is 71.3 Å². The van der Waals surface area contributed by atoms with E-state index in [2.05, 4.69) is 37.7 Å². The zero-order valence-electron chi connectivity index (χ0n) is 18.7. The van der Waals surface area contributed by atoms with E-state index in [4.69, 9.17) is 0 Å². The standard InChI is InChI=1S/C23H32N4O3S/c1-5-10-26(21-24-16-8-6-7-9-17(16)31-21)18(28)13-27-19(29)23(25-20(27)30)12-15(2)11-22(3,4)14-23/h5,15H,1,6-14H2,2-4H3,(H,25,30)/t15-,23+/m1/s1. The van der Waals surface area contributed by atoms with Crippen LogP contribution in [0.1, 0.15) is 63.4 Å². The summed E-state index contributed by atoms with van der Waals surface area (Å²) in [7, 11) is 0. The van der Waals surface area contributed by atoms with E-state index in [-0.39, 0.29) is 23.8 Å². The Morgan fingerprint density at radius 2 is 2.06 bits per heavy atom. The summed E-state index contributed by atoms with van der Waals surface area (Å²) in [4.78, 5) is 47.9. The highest BCUT2D eigenvalue weighted by Crippen LogP contribution is 2.46. The molecule has 4 rings (SSSR count). The number of fused-ring (bicyclic) bond motifs is 1. The maximum absolute atomic E-state index is 13.4. The van der Waals surface area contributed by atoms with Gasteiger partial charge in [-0.25, -0.2) is 9.78 Å². The SMILES string of the molecule is C=CCN(C(=O)CN1C(=O)N[C@]2(C[C@H](C)CC(C)(C)C2)C1=O)c1nc2c(s1)CCCC2. The monoisotopic (exact) mass is 444 g/mol. The van der Waals surface area contributed by atoms with Gasteiger partial charge in [0.1, 0.15) is 12.1 Å². The van der Waals surface area contributed by atoms with Crippen LogP contribution in [-0.2, 0) is 22.4 Å². The Balaban J connectivity index is 1.54. The average molecular weight is 445 g/mol. The minimum atomic E-state index is -0.901. The lowest BCUT2D eigenvalue weighted by Gasteiger charge is -2.43. The summed E-state index contributed by atoms with van der Waals surface area (Å²) in [6.07, 6.45) is 8.05. The topological polar surface area (TPSA) is 82.6 Å². The number of thiazole rings is 1.